The fourth-order valence-electron chi connectivity index (χ4n) is 1.88. The molecule has 162 valence electrons. The van der Waals surface area contributed by atoms with Crippen molar-refractivity contribution >= 4 is 23.9 Å². The van der Waals surface area contributed by atoms with Gasteiger partial charge in [-0.25, -0.2) is 4.79 Å². The first-order valence-corrected chi connectivity index (χ1v) is 9.07. The number of unbranched alkanes of at least 4 members (excludes halogenated alkanes) is 2. The van der Waals surface area contributed by atoms with E-state index in [0.29, 0.717) is 39.1 Å². The van der Waals surface area contributed by atoms with Gasteiger partial charge in [-0.05, 0) is 12.8 Å². The molecule has 0 atom stereocenters. The van der Waals surface area contributed by atoms with Crippen molar-refractivity contribution in [2.24, 2.45) is 0 Å². The molecule has 11 nitrogen and oxygen atoms in total. The van der Waals surface area contributed by atoms with Crippen LogP contribution in [0.5, 0.6) is 0 Å². The number of rotatable bonds is 16. The monoisotopic (exact) mass is 405 g/mol. The molecule has 0 spiro atoms. The maximum Gasteiger partial charge on any atom is 0.406 e. The zero-order valence-electron chi connectivity index (χ0n) is 16.5. The van der Waals surface area contributed by atoms with Crippen LogP contribution >= 0.6 is 0 Å². The quantitative estimate of drug-likeness (QED) is 0.227. The molecule has 0 aromatic heterocycles. The lowest BCUT2D eigenvalue weighted by Crippen LogP contribution is -2.30. The van der Waals surface area contributed by atoms with Crippen molar-refractivity contribution in [2.45, 2.75) is 25.7 Å². The maximum atomic E-state index is 11.6. The number of nitrogens with one attached hydrogen (secondary N) is 3. The predicted octanol–water partition coefficient (Wildman–Crippen LogP) is -0.659. The summed E-state index contributed by atoms with van der Waals surface area (Å²) in [5.74, 6) is -0.908. The maximum absolute atomic E-state index is 11.6. The second kappa shape index (κ2) is 18.0. The van der Waals surface area contributed by atoms with Crippen molar-refractivity contribution in [3.63, 3.8) is 0 Å². The van der Waals surface area contributed by atoms with Crippen LogP contribution in [0.1, 0.15) is 25.7 Å². The first kappa shape index (κ1) is 25.6. The Morgan fingerprint density at radius 2 is 1.46 bits per heavy atom. The summed E-state index contributed by atoms with van der Waals surface area (Å²) < 4.78 is 19.2. The number of methoxy groups -OCH3 is 2. The Morgan fingerprint density at radius 1 is 0.714 bits per heavy atom. The van der Waals surface area contributed by atoms with Crippen molar-refractivity contribution in [2.75, 3.05) is 60.3 Å². The van der Waals surface area contributed by atoms with E-state index in [1.54, 1.807) is 0 Å². The molecule has 0 aliphatic heterocycles. The summed E-state index contributed by atoms with van der Waals surface area (Å²) >= 11 is 0. The van der Waals surface area contributed by atoms with Gasteiger partial charge in [0.25, 0.3) is 0 Å². The van der Waals surface area contributed by atoms with E-state index in [1.165, 1.54) is 14.2 Å². The molecule has 3 amide bonds. The number of amides is 3. The second-order valence-electron chi connectivity index (χ2n) is 5.60. The molecule has 28 heavy (non-hydrogen) atoms. The fraction of sp³-hybridized carbons (Fsp3) is 0.765. The van der Waals surface area contributed by atoms with Crippen molar-refractivity contribution < 1.29 is 38.1 Å². The normalized spacial score (nSPS) is 10.1. The highest BCUT2D eigenvalue weighted by Crippen LogP contribution is 1.98. The van der Waals surface area contributed by atoms with Gasteiger partial charge < -0.3 is 34.9 Å². The third-order valence-electron chi connectivity index (χ3n) is 3.37. The summed E-state index contributed by atoms with van der Waals surface area (Å²) in [5, 5.41) is 7.65. The van der Waals surface area contributed by atoms with Gasteiger partial charge in [-0.2, -0.15) is 0 Å². The molecule has 11 heteroatoms. The summed E-state index contributed by atoms with van der Waals surface area (Å²) in [6.45, 7) is 1.56. The zero-order valence-corrected chi connectivity index (χ0v) is 16.5. The van der Waals surface area contributed by atoms with E-state index in [-0.39, 0.29) is 31.6 Å². The Labute approximate surface area is 164 Å². The lowest BCUT2D eigenvalue weighted by Gasteiger charge is -2.08. The van der Waals surface area contributed by atoms with E-state index < -0.39 is 12.1 Å². The number of alkyl carbamates (subject to hydrolysis) is 1. The molecule has 0 aliphatic rings. The summed E-state index contributed by atoms with van der Waals surface area (Å²) in [6.07, 6.45) is 2.00. The van der Waals surface area contributed by atoms with E-state index in [9.17, 15) is 19.2 Å². The van der Waals surface area contributed by atoms with Gasteiger partial charge in [0.1, 0.15) is 13.2 Å². The van der Waals surface area contributed by atoms with E-state index in [4.69, 9.17) is 9.47 Å². The third kappa shape index (κ3) is 17.0. The molecule has 0 unspecified atom stereocenters. The van der Waals surface area contributed by atoms with Crippen LogP contribution in [0.4, 0.5) is 4.79 Å². The summed E-state index contributed by atoms with van der Waals surface area (Å²) in [7, 11) is 2.54. The molecule has 0 aromatic rings. The van der Waals surface area contributed by atoms with Gasteiger partial charge in [-0.1, -0.05) is 6.42 Å². The summed E-state index contributed by atoms with van der Waals surface area (Å²) in [4.78, 5) is 44.6. The highest BCUT2D eigenvalue weighted by Gasteiger charge is 2.05. The molecule has 0 bridgehead atoms. The molecule has 0 heterocycles. The number of hydrogen-bond donors (Lipinski definition) is 3. The minimum Gasteiger partial charge on any atom is -0.468 e. The van der Waals surface area contributed by atoms with Gasteiger partial charge >= 0.3 is 12.1 Å². The SMILES string of the molecule is COC(=O)CNC(=O)CCCCCNC(=O)COCCOCCNC(=O)OC. The molecule has 0 saturated carbocycles. The predicted molar refractivity (Wildman–Crippen MR) is 98.5 cm³/mol. The van der Waals surface area contributed by atoms with Gasteiger partial charge in [0.2, 0.25) is 11.8 Å². The van der Waals surface area contributed by atoms with Gasteiger partial charge in [0.15, 0.2) is 0 Å². The van der Waals surface area contributed by atoms with E-state index in [2.05, 4.69) is 25.4 Å². The van der Waals surface area contributed by atoms with Crippen LogP contribution in [0.3, 0.4) is 0 Å². The van der Waals surface area contributed by atoms with Crippen LogP contribution in [0.25, 0.3) is 0 Å². The van der Waals surface area contributed by atoms with Gasteiger partial charge in [-0.3, -0.25) is 14.4 Å². The van der Waals surface area contributed by atoms with E-state index >= 15 is 0 Å². The average Bonchev–Trinajstić information content (AvgIpc) is 2.70. The fourth-order valence-corrected chi connectivity index (χ4v) is 1.88. The van der Waals surface area contributed by atoms with E-state index in [0.717, 1.165) is 12.8 Å². The van der Waals surface area contributed by atoms with Crippen LogP contribution < -0.4 is 16.0 Å². The number of carbonyl (C=O) groups excluding carboxylic acids is 4. The third-order valence-corrected chi connectivity index (χ3v) is 3.37. The Kier molecular flexibility index (Phi) is 16.4. The minimum atomic E-state index is -0.515. The minimum absolute atomic E-state index is 0.0558. The van der Waals surface area contributed by atoms with Gasteiger partial charge in [0.05, 0.1) is 34.0 Å². The number of carbonyl (C=O) groups is 4. The van der Waals surface area contributed by atoms with Crippen molar-refractivity contribution in [3.05, 3.63) is 0 Å². The smallest absolute Gasteiger partial charge is 0.406 e. The van der Waals surface area contributed by atoms with Crippen LogP contribution in [0.15, 0.2) is 0 Å². The number of hydrogen-bond acceptors (Lipinski definition) is 8. The molecular weight excluding hydrogens is 374 g/mol. The topological polar surface area (TPSA) is 141 Å². The molecule has 0 radical (unpaired) electrons. The van der Waals surface area contributed by atoms with Crippen molar-refractivity contribution in [1.82, 2.24) is 16.0 Å². The molecular formula is C17H31N3O8. The molecule has 0 aromatic carbocycles. The van der Waals surface area contributed by atoms with Gasteiger partial charge in [-0.15, -0.1) is 0 Å². The van der Waals surface area contributed by atoms with Crippen LogP contribution in [0.2, 0.25) is 0 Å². The van der Waals surface area contributed by atoms with Crippen LogP contribution in [-0.2, 0) is 33.3 Å². The number of ether oxygens (including phenoxy) is 4. The first-order chi connectivity index (χ1) is 13.5. The van der Waals surface area contributed by atoms with Crippen LogP contribution in [0, 0.1) is 0 Å². The molecule has 0 fully saturated rings. The molecule has 3 N–H and O–H groups in total. The lowest BCUT2D eigenvalue weighted by molar-refractivity contribution is -0.141. The average molecular weight is 405 g/mol. The Hall–Kier alpha value is -2.40. The Morgan fingerprint density at radius 3 is 2.18 bits per heavy atom. The highest BCUT2D eigenvalue weighted by molar-refractivity contribution is 5.81. The summed E-state index contributed by atoms with van der Waals surface area (Å²) in [6, 6.07) is 0. The van der Waals surface area contributed by atoms with Crippen molar-refractivity contribution in [1.29, 1.82) is 0 Å². The molecule has 0 aliphatic carbocycles. The zero-order chi connectivity index (χ0) is 21.0. The highest BCUT2D eigenvalue weighted by atomic mass is 16.5. The standard InChI is InChI=1S/C17H31N3O8/c1-25-16(23)12-20-14(21)6-4-3-5-7-18-15(22)13-28-11-10-27-9-8-19-17(24)26-2/h3-13H2,1-2H3,(H,18,22)(H,19,24)(H,20,21). The number of esters is 1. The first-order valence-electron chi connectivity index (χ1n) is 9.07. The lowest BCUT2D eigenvalue weighted by atomic mass is 10.2. The molecule has 0 rings (SSSR count). The van der Waals surface area contributed by atoms with Crippen molar-refractivity contribution in [3.8, 4) is 0 Å². The van der Waals surface area contributed by atoms with E-state index in [1.807, 2.05) is 0 Å². The van der Waals surface area contributed by atoms with Gasteiger partial charge in [0, 0.05) is 19.5 Å². The van der Waals surface area contributed by atoms with Crippen LogP contribution in [-0.4, -0.2) is 84.2 Å². The largest absolute Gasteiger partial charge is 0.468 e. The molecule has 0 saturated heterocycles. The summed E-state index contributed by atoms with van der Waals surface area (Å²) in [5.41, 5.74) is 0. The Bertz CT molecular complexity index is 473. The Balaban J connectivity index is 3.36. The second-order valence-corrected chi connectivity index (χ2v) is 5.60.